The zero-order chi connectivity index (χ0) is 9.19. The molecule has 0 saturated carbocycles. The van der Waals surface area contributed by atoms with Crippen molar-refractivity contribution < 1.29 is 30.2 Å². The second-order valence-corrected chi connectivity index (χ2v) is 2.04. The van der Waals surface area contributed by atoms with Crippen molar-refractivity contribution in [2.45, 2.75) is 6.18 Å². The van der Waals surface area contributed by atoms with Crippen LogP contribution in [0.1, 0.15) is 11.3 Å². The van der Waals surface area contributed by atoms with E-state index in [1.54, 1.807) is 6.07 Å². The maximum absolute atomic E-state index is 11.9. The monoisotopic (exact) mass is 235 g/mol. The summed E-state index contributed by atoms with van der Waals surface area (Å²) in [5, 5.41) is 8.24. The number of nitriles is 1. The molecule has 0 saturated heterocycles. The summed E-state index contributed by atoms with van der Waals surface area (Å²) in [7, 11) is 0. The van der Waals surface area contributed by atoms with Crippen molar-refractivity contribution in [3.63, 3.8) is 0 Å². The largest absolute Gasteiger partial charge is 0.417 e. The van der Waals surface area contributed by atoms with Crippen molar-refractivity contribution in [1.29, 1.82) is 5.26 Å². The second-order valence-electron chi connectivity index (χ2n) is 2.04. The minimum absolute atomic E-state index is 0. The van der Waals surface area contributed by atoms with Gasteiger partial charge in [-0.15, -0.1) is 0 Å². The Bertz CT molecular complexity index is 312. The van der Waals surface area contributed by atoms with Crippen LogP contribution in [0.5, 0.6) is 0 Å². The Kier molecular flexibility index (Phi) is 3.92. The van der Waals surface area contributed by atoms with Crippen LogP contribution in [0.2, 0.25) is 0 Å². The molecule has 1 aromatic rings. The fraction of sp³-hybridized carbons (Fsp3) is 0.143. The van der Waals surface area contributed by atoms with Crippen LogP contribution >= 0.6 is 0 Å². The molecule has 0 spiro atoms. The molecule has 73 valence electrons. The van der Waals surface area contributed by atoms with E-state index in [0.717, 1.165) is 12.1 Å². The molecule has 0 aliphatic heterocycles. The van der Waals surface area contributed by atoms with E-state index in [1.807, 2.05) is 0 Å². The van der Waals surface area contributed by atoms with E-state index in [0.29, 0.717) is 6.20 Å². The first-order valence-electron chi connectivity index (χ1n) is 2.97. The molecular formula is C7H3CuF3N2. The molecule has 0 amide bonds. The minimum Gasteiger partial charge on any atom is -0.245 e. The first-order valence-corrected chi connectivity index (χ1v) is 2.97. The van der Waals surface area contributed by atoms with Crippen LogP contribution in [0.25, 0.3) is 0 Å². The van der Waals surface area contributed by atoms with Crippen molar-refractivity contribution in [1.82, 2.24) is 4.98 Å². The van der Waals surface area contributed by atoms with Gasteiger partial charge in [-0.2, -0.15) is 18.4 Å². The van der Waals surface area contributed by atoms with Gasteiger partial charge < -0.3 is 0 Å². The summed E-state index contributed by atoms with van der Waals surface area (Å²) in [4.78, 5) is 3.28. The Balaban J connectivity index is 0.00000144. The molecule has 0 N–H and O–H groups in total. The third-order valence-electron chi connectivity index (χ3n) is 1.21. The number of hydrogen-bond acceptors (Lipinski definition) is 2. The molecule has 0 atom stereocenters. The van der Waals surface area contributed by atoms with Crippen molar-refractivity contribution in [3.05, 3.63) is 29.6 Å². The summed E-state index contributed by atoms with van der Waals surface area (Å²) in [5.74, 6) is 0. The van der Waals surface area contributed by atoms with Gasteiger partial charge in [0.05, 0.1) is 5.56 Å². The smallest absolute Gasteiger partial charge is 0.245 e. The summed E-state index contributed by atoms with van der Waals surface area (Å²) in [5.41, 5.74) is -0.871. The summed E-state index contributed by atoms with van der Waals surface area (Å²) in [6, 6.07) is 3.48. The molecular weight excluding hydrogens is 233 g/mol. The first kappa shape index (κ1) is 11.9. The van der Waals surface area contributed by atoms with Crippen molar-refractivity contribution >= 4 is 0 Å². The van der Waals surface area contributed by atoms with Crippen LogP contribution in [0.3, 0.4) is 0 Å². The van der Waals surface area contributed by atoms with Gasteiger partial charge in [-0.1, -0.05) is 0 Å². The molecule has 0 unspecified atom stereocenters. The Morgan fingerprint density at radius 3 is 2.23 bits per heavy atom. The maximum atomic E-state index is 11.9. The van der Waals surface area contributed by atoms with Crippen LogP contribution in [-0.4, -0.2) is 4.98 Å². The molecule has 1 aromatic heterocycles. The third kappa shape index (κ3) is 3.05. The molecule has 1 radical (unpaired) electrons. The van der Waals surface area contributed by atoms with Crippen LogP contribution < -0.4 is 0 Å². The molecule has 6 heteroatoms. The van der Waals surface area contributed by atoms with Gasteiger partial charge in [0.25, 0.3) is 0 Å². The Hall–Kier alpha value is -1.05. The number of aromatic nitrogens is 1. The van der Waals surface area contributed by atoms with Crippen molar-refractivity contribution in [3.8, 4) is 6.07 Å². The van der Waals surface area contributed by atoms with Gasteiger partial charge in [0, 0.05) is 23.3 Å². The molecule has 0 aliphatic rings. The van der Waals surface area contributed by atoms with Crippen molar-refractivity contribution in [2.75, 3.05) is 0 Å². The minimum atomic E-state index is -4.39. The van der Waals surface area contributed by atoms with E-state index in [4.69, 9.17) is 5.26 Å². The van der Waals surface area contributed by atoms with Crippen molar-refractivity contribution in [2.24, 2.45) is 0 Å². The summed E-state index contributed by atoms with van der Waals surface area (Å²) >= 11 is 0. The quantitative estimate of drug-likeness (QED) is 0.645. The topological polar surface area (TPSA) is 36.7 Å². The van der Waals surface area contributed by atoms with Crippen LogP contribution in [0.15, 0.2) is 18.3 Å². The fourth-order valence-electron chi connectivity index (χ4n) is 0.628. The zero-order valence-electron chi connectivity index (χ0n) is 6.06. The summed E-state index contributed by atoms with van der Waals surface area (Å²) in [6.45, 7) is 0. The molecule has 0 aliphatic carbocycles. The van der Waals surface area contributed by atoms with E-state index < -0.39 is 11.7 Å². The average Bonchev–Trinajstić information content (AvgIpc) is 2.03. The van der Waals surface area contributed by atoms with Gasteiger partial charge >= 0.3 is 6.18 Å². The Labute approximate surface area is 82.9 Å². The SMILES string of the molecule is N#Cc1ccc(C(F)(F)F)cn1.[Cu]. The first-order chi connectivity index (χ1) is 5.54. The number of nitrogens with zero attached hydrogens (tertiary/aromatic N) is 2. The molecule has 0 fully saturated rings. The average molecular weight is 236 g/mol. The van der Waals surface area contributed by atoms with E-state index in [-0.39, 0.29) is 22.8 Å². The van der Waals surface area contributed by atoms with Gasteiger partial charge in [0.15, 0.2) is 0 Å². The maximum Gasteiger partial charge on any atom is 0.417 e. The van der Waals surface area contributed by atoms with Gasteiger partial charge in [0.2, 0.25) is 0 Å². The number of rotatable bonds is 0. The predicted octanol–water partition coefficient (Wildman–Crippen LogP) is 1.97. The zero-order valence-corrected chi connectivity index (χ0v) is 7.00. The third-order valence-corrected chi connectivity index (χ3v) is 1.21. The van der Waals surface area contributed by atoms with E-state index >= 15 is 0 Å². The molecule has 0 bridgehead atoms. The Morgan fingerprint density at radius 1 is 1.31 bits per heavy atom. The van der Waals surface area contributed by atoms with Crippen LogP contribution in [-0.2, 0) is 23.2 Å². The normalized spacial score (nSPS) is 10.0. The van der Waals surface area contributed by atoms with Crippen LogP contribution in [0, 0.1) is 11.3 Å². The van der Waals surface area contributed by atoms with Crippen LogP contribution in [0.4, 0.5) is 13.2 Å². The summed E-state index contributed by atoms with van der Waals surface area (Å²) < 4.78 is 35.7. The number of halogens is 3. The van der Waals surface area contributed by atoms with E-state index in [1.165, 1.54) is 0 Å². The molecule has 0 aromatic carbocycles. The molecule has 2 nitrogen and oxygen atoms in total. The van der Waals surface area contributed by atoms with Gasteiger partial charge in [-0.05, 0) is 12.1 Å². The standard InChI is InChI=1S/C7H3F3N2.Cu/c8-7(9,10)5-1-2-6(3-11)12-4-5;/h1-2,4H;. The second kappa shape index (κ2) is 4.26. The van der Waals surface area contributed by atoms with E-state index in [2.05, 4.69) is 4.98 Å². The molecule has 13 heavy (non-hydrogen) atoms. The Morgan fingerprint density at radius 2 is 1.92 bits per heavy atom. The van der Waals surface area contributed by atoms with E-state index in [9.17, 15) is 13.2 Å². The number of hydrogen-bond donors (Lipinski definition) is 0. The van der Waals surface area contributed by atoms with Gasteiger partial charge in [-0.25, -0.2) is 4.98 Å². The number of pyridine rings is 1. The predicted molar refractivity (Wildman–Crippen MR) is 34.0 cm³/mol. The van der Waals surface area contributed by atoms with Gasteiger partial charge in [0.1, 0.15) is 11.8 Å². The molecule has 1 rings (SSSR count). The van der Waals surface area contributed by atoms with Gasteiger partial charge in [-0.3, -0.25) is 0 Å². The summed E-state index contributed by atoms with van der Waals surface area (Å²) in [6.07, 6.45) is -3.75. The molecule has 1 heterocycles. The number of alkyl halides is 3. The fourth-order valence-corrected chi connectivity index (χ4v) is 0.628.